The molecule has 0 aliphatic carbocycles. The highest BCUT2D eigenvalue weighted by Gasteiger charge is 2.13. The Morgan fingerprint density at radius 2 is 1.68 bits per heavy atom. The standard InChI is InChI=1S/C17H34N6O.HI/c1-12(2)16-21-15(24-22-16)8-9-19-17(18-7)20-10-11-23(13(3)4)14(5)6;/h12-14H,8-11H2,1-7H3,(H2,18,19,20);1H. The number of guanidine groups is 1. The highest BCUT2D eigenvalue weighted by molar-refractivity contribution is 14.0. The lowest BCUT2D eigenvalue weighted by molar-refractivity contribution is 0.178. The normalized spacial score (nSPS) is 12.2. The molecule has 146 valence electrons. The van der Waals surface area contributed by atoms with Crippen molar-refractivity contribution in [2.45, 2.75) is 66.0 Å². The highest BCUT2D eigenvalue weighted by atomic mass is 127. The summed E-state index contributed by atoms with van der Waals surface area (Å²) in [4.78, 5) is 11.1. The van der Waals surface area contributed by atoms with Crippen molar-refractivity contribution in [2.75, 3.05) is 26.7 Å². The summed E-state index contributed by atoms with van der Waals surface area (Å²) in [5.74, 6) is 2.50. The summed E-state index contributed by atoms with van der Waals surface area (Å²) in [6.45, 7) is 15.5. The van der Waals surface area contributed by atoms with Crippen LogP contribution in [-0.4, -0.2) is 59.8 Å². The van der Waals surface area contributed by atoms with Crippen molar-refractivity contribution >= 4 is 29.9 Å². The molecule has 0 saturated carbocycles. The van der Waals surface area contributed by atoms with E-state index in [0.717, 1.165) is 24.9 Å². The predicted octanol–water partition coefficient (Wildman–Crippen LogP) is 2.64. The number of rotatable bonds is 9. The number of aliphatic imine (C=N–C) groups is 1. The monoisotopic (exact) mass is 466 g/mol. The van der Waals surface area contributed by atoms with Gasteiger partial charge in [0.2, 0.25) is 5.89 Å². The summed E-state index contributed by atoms with van der Waals surface area (Å²) in [5, 5.41) is 10.6. The van der Waals surface area contributed by atoms with Crippen molar-refractivity contribution in [3.8, 4) is 0 Å². The highest BCUT2D eigenvalue weighted by Crippen LogP contribution is 2.09. The van der Waals surface area contributed by atoms with Crippen molar-refractivity contribution in [1.29, 1.82) is 0 Å². The Bertz CT molecular complexity index is 493. The molecule has 0 fully saturated rings. The van der Waals surface area contributed by atoms with E-state index in [1.807, 2.05) is 0 Å². The third-order valence-electron chi connectivity index (χ3n) is 3.84. The van der Waals surface area contributed by atoms with Gasteiger partial charge in [-0.2, -0.15) is 4.98 Å². The van der Waals surface area contributed by atoms with Crippen LogP contribution in [0.3, 0.4) is 0 Å². The van der Waals surface area contributed by atoms with Crippen molar-refractivity contribution < 1.29 is 4.52 Å². The lowest BCUT2D eigenvalue weighted by Gasteiger charge is -2.30. The van der Waals surface area contributed by atoms with Crippen LogP contribution < -0.4 is 10.6 Å². The Balaban J connectivity index is 0.00000576. The molecule has 0 amide bonds. The van der Waals surface area contributed by atoms with Gasteiger partial charge in [-0.25, -0.2) is 0 Å². The third-order valence-corrected chi connectivity index (χ3v) is 3.84. The fourth-order valence-corrected chi connectivity index (χ4v) is 2.53. The second-order valence-electron chi connectivity index (χ2n) is 6.80. The number of nitrogens with one attached hydrogen (secondary N) is 2. The molecule has 1 rings (SSSR count). The van der Waals surface area contributed by atoms with Crippen LogP contribution in [0.5, 0.6) is 0 Å². The van der Waals surface area contributed by atoms with Crippen molar-refractivity contribution in [1.82, 2.24) is 25.7 Å². The van der Waals surface area contributed by atoms with Crippen LogP contribution in [0.4, 0.5) is 0 Å². The maximum atomic E-state index is 5.24. The minimum Gasteiger partial charge on any atom is -0.356 e. The molecular formula is C17H35IN6O. The van der Waals surface area contributed by atoms with Crippen LogP contribution in [0.1, 0.15) is 59.2 Å². The molecule has 1 heterocycles. The topological polar surface area (TPSA) is 78.6 Å². The van der Waals surface area contributed by atoms with Crippen molar-refractivity contribution in [2.24, 2.45) is 4.99 Å². The zero-order chi connectivity index (χ0) is 18.1. The number of aromatic nitrogens is 2. The van der Waals surface area contributed by atoms with Gasteiger partial charge in [-0.05, 0) is 27.7 Å². The van der Waals surface area contributed by atoms with Gasteiger partial charge in [-0.15, -0.1) is 24.0 Å². The first-order valence-corrected chi connectivity index (χ1v) is 8.87. The van der Waals surface area contributed by atoms with Gasteiger partial charge in [0, 0.05) is 51.1 Å². The molecule has 8 heteroatoms. The summed E-state index contributed by atoms with van der Waals surface area (Å²) >= 11 is 0. The summed E-state index contributed by atoms with van der Waals surface area (Å²) in [7, 11) is 1.78. The largest absolute Gasteiger partial charge is 0.356 e. The average molecular weight is 466 g/mol. The molecule has 1 aromatic rings. The molecule has 0 spiro atoms. The van der Waals surface area contributed by atoms with Gasteiger partial charge in [0.1, 0.15) is 0 Å². The van der Waals surface area contributed by atoms with Crippen LogP contribution in [0.15, 0.2) is 9.52 Å². The zero-order valence-corrected chi connectivity index (χ0v) is 19.0. The minimum absolute atomic E-state index is 0. The maximum Gasteiger partial charge on any atom is 0.228 e. The van der Waals surface area contributed by atoms with E-state index in [2.05, 4.69) is 72.2 Å². The average Bonchev–Trinajstić information content (AvgIpc) is 2.98. The van der Waals surface area contributed by atoms with Gasteiger partial charge in [-0.1, -0.05) is 19.0 Å². The fraction of sp³-hybridized carbons (Fsp3) is 0.824. The molecule has 1 aromatic heterocycles. The second-order valence-corrected chi connectivity index (χ2v) is 6.80. The molecule has 0 radical (unpaired) electrons. The molecule has 2 N–H and O–H groups in total. The fourth-order valence-electron chi connectivity index (χ4n) is 2.53. The lowest BCUT2D eigenvalue weighted by Crippen LogP contribution is -2.45. The first-order valence-electron chi connectivity index (χ1n) is 8.87. The quantitative estimate of drug-likeness (QED) is 0.331. The molecule has 7 nitrogen and oxygen atoms in total. The van der Waals surface area contributed by atoms with E-state index in [9.17, 15) is 0 Å². The van der Waals surface area contributed by atoms with Crippen molar-refractivity contribution in [3.63, 3.8) is 0 Å². The predicted molar refractivity (Wildman–Crippen MR) is 114 cm³/mol. The summed E-state index contributed by atoms with van der Waals surface area (Å²) < 4.78 is 5.24. The van der Waals surface area contributed by atoms with E-state index >= 15 is 0 Å². The van der Waals surface area contributed by atoms with E-state index < -0.39 is 0 Å². The van der Waals surface area contributed by atoms with Gasteiger partial charge in [0.15, 0.2) is 11.8 Å². The van der Waals surface area contributed by atoms with Crippen LogP contribution >= 0.6 is 24.0 Å². The van der Waals surface area contributed by atoms with Gasteiger partial charge >= 0.3 is 0 Å². The molecule has 0 bridgehead atoms. The summed E-state index contributed by atoms with van der Waals surface area (Å²) in [6.07, 6.45) is 0.685. The van der Waals surface area contributed by atoms with Gasteiger partial charge in [0.05, 0.1) is 0 Å². The summed E-state index contributed by atoms with van der Waals surface area (Å²) in [6, 6.07) is 1.07. The Hall–Kier alpha value is -0.900. The Kier molecular flexibility index (Phi) is 12.0. The van der Waals surface area contributed by atoms with E-state index in [0.29, 0.717) is 30.9 Å². The van der Waals surface area contributed by atoms with E-state index in [-0.39, 0.29) is 29.9 Å². The SMILES string of the molecule is CN=C(NCCc1nc(C(C)C)no1)NCCN(C(C)C)C(C)C.I. The zero-order valence-electron chi connectivity index (χ0n) is 16.7. The van der Waals surface area contributed by atoms with Crippen LogP contribution in [-0.2, 0) is 6.42 Å². The number of nitrogens with zero attached hydrogens (tertiary/aromatic N) is 4. The first kappa shape index (κ1) is 24.1. The molecule has 0 aliphatic heterocycles. The molecule has 0 atom stereocenters. The number of halogens is 1. The van der Waals surface area contributed by atoms with Crippen molar-refractivity contribution in [3.05, 3.63) is 11.7 Å². The van der Waals surface area contributed by atoms with Gasteiger partial charge < -0.3 is 15.2 Å². The van der Waals surface area contributed by atoms with Crippen LogP contribution in [0, 0.1) is 0 Å². The third kappa shape index (κ3) is 8.84. The second kappa shape index (κ2) is 12.5. The molecule has 0 aromatic carbocycles. The van der Waals surface area contributed by atoms with Crippen LogP contribution in [0.2, 0.25) is 0 Å². The van der Waals surface area contributed by atoms with Gasteiger partial charge in [0.25, 0.3) is 0 Å². The Morgan fingerprint density at radius 3 is 2.16 bits per heavy atom. The molecular weight excluding hydrogens is 431 g/mol. The maximum absolute atomic E-state index is 5.24. The Labute approximate surface area is 169 Å². The molecule has 0 aliphatic rings. The van der Waals surface area contributed by atoms with E-state index in [4.69, 9.17) is 4.52 Å². The van der Waals surface area contributed by atoms with E-state index in [1.165, 1.54) is 0 Å². The number of hydrogen-bond donors (Lipinski definition) is 2. The molecule has 0 unspecified atom stereocenters. The molecule has 25 heavy (non-hydrogen) atoms. The Morgan fingerprint density at radius 1 is 1.08 bits per heavy atom. The smallest absolute Gasteiger partial charge is 0.228 e. The van der Waals surface area contributed by atoms with Gasteiger partial charge in [-0.3, -0.25) is 9.89 Å². The molecule has 0 saturated heterocycles. The minimum atomic E-state index is 0. The van der Waals surface area contributed by atoms with E-state index in [1.54, 1.807) is 7.05 Å². The first-order chi connectivity index (χ1) is 11.3. The number of hydrogen-bond acceptors (Lipinski definition) is 5. The summed E-state index contributed by atoms with van der Waals surface area (Å²) in [5.41, 5.74) is 0. The lowest BCUT2D eigenvalue weighted by atomic mass is 10.2. The van der Waals surface area contributed by atoms with Crippen LogP contribution in [0.25, 0.3) is 0 Å².